The van der Waals surface area contributed by atoms with Gasteiger partial charge in [-0.3, -0.25) is 4.79 Å². The largest absolute Gasteiger partial charge is 0.481 e. The highest BCUT2D eigenvalue weighted by Crippen LogP contribution is 2.30. The average molecular weight is 235 g/mol. The SMILES string of the molecule is O=C(O)CCC(F)C(F)(F)Br. The normalized spacial score (nSPS) is 14.5. The van der Waals surface area contributed by atoms with Gasteiger partial charge in [0.1, 0.15) is 0 Å². The number of aliphatic carboxylic acids is 1. The molecule has 66 valence electrons. The van der Waals surface area contributed by atoms with Gasteiger partial charge in [0.25, 0.3) is 0 Å². The molecule has 0 saturated heterocycles. The van der Waals surface area contributed by atoms with Gasteiger partial charge in [-0.2, -0.15) is 8.78 Å². The van der Waals surface area contributed by atoms with Crippen molar-refractivity contribution in [2.75, 3.05) is 0 Å². The van der Waals surface area contributed by atoms with Crippen LogP contribution in [-0.2, 0) is 4.79 Å². The van der Waals surface area contributed by atoms with Crippen LogP contribution in [0.25, 0.3) is 0 Å². The highest BCUT2D eigenvalue weighted by atomic mass is 79.9. The Hall–Kier alpha value is -0.260. The highest BCUT2D eigenvalue weighted by Gasteiger charge is 2.36. The van der Waals surface area contributed by atoms with Crippen molar-refractivity contribution in [2.24, 2.45) is 0 Å². The number of halogens is 4. The summed E-state index contributed by atoms with van der Waals surface area (Å²) in [7, 11) is 0. The van der Waals surface area contributed by atoms with E-state index in [0.29, 0.717) is 0 Å². The summed E-state index contributed by atoms with van der Waals surface area (Å²) in [4.78, 5) is 6.18. The molecule has 0 fully saturated rings. The van der Waals surface area contributed by atoms with Crippen molar-refractivity contribution in [1.29, 1.82) is 0 Å². The van der Waals surface area contributed by atoms with Crippen LogP contribution in [0.1, 0.15) is 12.8 Å². The Morgan fingerprint density at radius 1 is 1.64 bits per heavy atom. The van der Waals surface area contributed by atoms with E-state index >= 15 is 0 Å². The molecule has 1 atom stereocenters. The minimum Gasteiger partial charge on any atom is -0.481 e. The molecule has 0 radical (unpaired) electrons. The van der Waals surface area contributed by atoms with Crippen LogP contribution in [0.5, 0.6) is 0 Å². The fourth-order valence-electron chi connectivity index (χ4n) is 0.414. The van der Waals surface area contributed by atoms with Gasteiger partial charge in [-0.05, 0) is 22.4 Å². The zero-order valence-corrected chi connectivity index (χ0v) is 6.94. The smallest absolute Gasteiger partial charge is 0.331 e. The number of hydrogen-bond acceptors (Lipinski definition) is 1. The van der Waals surface area contributed by atoms with E-state index in [1.807, 2.05) is 0 Å². The molecule has 0 saturated carbocycles. The lowest BCUT2D eigenvalue weighted by Crippen LogP contribution is -2.23. The summed E-state index contributed by atoms with van der Waals surface area (Å²) >= 11 is 1.79. The first-order chi connectivity index (χ1) is 4.84. The molecule has 11 heavy (non-hydrogen) atoms. The van der Waals surface area contributed by atoms with E-state index in [0.717, 1.165) is 0 Å². The van der Waals surface area contributed by atoms with Gasteiger partial charge in [-0.15, -0.1) is 0 Å². The van der Waals surface area contributed by atoms with Gasteiger partial charge in [-0.25, -0.2) is 4.39 Å². The second kappa shape index (κ2) is 3.94. The average Bonchev–Trinajstić information content (AvgIpc) is 1.80. The third-order valence-electron chi connectivity index (χ3n) is 0.967. The summed E-state index contributed by atoms with van der Waals surface area (Å²) in [5.41, 5.74) is 0. The fourth-order valence-corrected chi connectivity index (χ4v) is 0.643. The predicted molar refractivity (Wildman–Crippen MR) is 35.6 cm³/mol. The summed E-state index contributed by atoms with van der Waals surface area (Å²) in [6.07, 6.45) is -3.73. The number of hydrogen-bond donors (Lipinski definition) is 1. The van der Waals surface area contributed by atoms with Gasteiger partial charge in [0.05, 0.1) is 0 Å². The number of carboxylic acid groups (broad SMARTS) is 1. The molecule has 0 rings (SSSR count). The van der Waals surface area contributed by atoms with E-state index in [-0.39, 0.29) is 0 Å². The van der Waals surface area contributed by atoms with Crippen molar-refractivity contribution in [1.82, 2.24) is 0 Å². The van der Waals surface area contributed by atoms with Crippen molar-refractivity contribution >= 4 is 21.9 Å². The van der Waals surface area contributed by atoms with Crippen molar-refractivity contribution in [3.05, 3.63) is 0 Å². The van der Waals surface area contributed by atoms with Gasteiger partial charge in [0.2, 0.25) is 0 Å². The van der Waals surface area contributed by atoms with Crippen LogP contribution in [-0.4, -0.2) is 22.1 Å². The maximum absolute atomic E-state index is 12.2. The quantitative estimate of drug-likeness (QED) is 0.758. The Balaban J connectivity index is 3.70. The lowest BCUT2D eigenvalue weighted by molar-refractivity contribution is -0.137. The van der Waals surface area contributed by atoms with E-state index < -0.39 is 29.8 Å². The van der Waals surface area contributed by atoms with Crippen LogP contribution in [0.4, 0.5) is 13.2 Å². The maximum atomic E-state index is 12.2. The summed E-state index contributed by atoms with van der Waals surface area (Å²) in [5, 5.41) is 8.00. The minimum atomic E-state index is -3.62. The zero-order chi connectivity index (χ0) is 9.07. The first kappa shape index (κ1) is 10.7. The third-order valence-corrected chi connectivity index (χ3v) is 1.46. The zero-order valence-electron chi connectivity index (χ0n) is 5.36. The fraction of sp³-hybridized carbons (Fsp3) is 0.800. The summed E-state index contributed by atoms with van der Waals surface area (Å²) in [6.45, 7) is 0. The van der Waals surface area contributed by atoms with E-state index in [2.05, 4.69) is 0 Å². The van der Waals surface area contributed by atoms with Crippen LogP contribution < -0.4 is 0 Å². The first-order valence-electron chi connectivity index (χ1n) is 2.76. The third kappa shape index (κ3) is 5.06. The van der Waals surface area contributed by atoms with Crippen LogP contribution in [0, 0.1) is 0 Å². The van der Waals surface area contributed by atoms with Crippen LogP contribution in [0.15, 0.2) is 0 Å². The Labute approximate surface area is 69.5 Å². The van der Waals surface area contributed by atoms with E-state index in [1.165, 1.54) is 0 Å². The van der Waals surface area contributed by atoms with E-state index in [1.54, 1.807) is 15.9 Å². The first-order valence-corrected chi connectivity index (χ1v) is 3.56. The Morgan fingerprint density at radius 2 is 2.09 bits per heavy atom. The van der Waals surface area contributed by atoms with Gasteiger partial charge < -0.3 is 5.11 Å². The number of carboxylic acids is 1. The molecule has 0 bridgehead atoms. The molecule has 0 spiro atoms. The standard InChI is InChI=1S/C5H6BrF3O2/c6-5(8,9)3(7)1-2-4(10)11/h3H,1-2H2,(H,10,11). The molecular weight excluding hydrogens is 229 g/mol. The van der Waals surface area contributed by atoms with E-state index in [9.17, 15) is 18.0 Å². The molecule has 0 aliphatic carbocycles. The van der Waals surface area contributed by atoms with Gasteiger partial charge in [0, 0.05) is 6.42 Å². The molecule has 2 nitrogen and oxygen atoms in total. The Kier molecular flexibility index (Phi) is 3.85. The number of rotatable bonds is 4. The molecular formula is C5H6BrF3O2. The van der Waals surface area contributed by atoms with Crippen LogP contribution >= 0.6 is 15.9 Å². The van der Waals surface area contributed by atoms with Gasteiger partial charge in [-0.1, -0.05) is 0 Å². The molecule has 0 aliphatic heterocycles. The molecule has 0 aromatic carbocycles. The molecule has 6 heteroatoms. The molecule has 0 heterocycles. The molecule has 0 amide bonds. The summed E-state index contributed by atoms with van der Waals surface area (Å²) < 4.78 is 36.0. The van der Waals surface area contributed by atoms with E-state index in [4.69, 9.17) is 5.11 Å². The number of alkyl halides is 4. The molecule has 0 aliphatic rings. The molecule has 1 N–H and O–H groups in total. The summed E-state index contributed by atoms with van der Waals surface area (Å²) in [5.74, 6) is -1.29. The van der Waals surface area contributed by atoms with Crippen molar-refractivity contribution in [3.8, 4) is 0 Å². The monoisotopic (exact) mass is 234 g/mol. The Bertz CT molecular complexity index is 145. The predicted octanol–water partition coefficient (Wildman–Crippen LogP) is 2.18. The molecule has 1 unspecified atom stereocenters. The van der Waals surface area contributed by atoms with Crippen LogP contribution in [0.2, 0.25) is 0 Å². The van der Waals surface area contributed by atoms with Crippen molar-refractivity contribution in [3.63, 3.8) is 0 Å². The Morgan fingerprint density at radius 3 is 2.36 bits per heavy atom. The second-order valence-corrected chi connectivity index (χ2v) is 3.00. The summed E-state index contributed by atoms with van der Waals surface area (Å²) in [6, 6.07) is 0. The van der Waals surface area contributed by atoms with Crippen molar-refractivity contribution in [2.45, 2.75) is 23.8 Å². The maximum Gasteiger partial charge on any atom is 0.331 e. The second-order valence-electron chi connectivity index (χ2n) is 1.94. The van der Waals surface area contributed by atoms with Crippen molar-refractivity contribution < 1.29 is 23.1 Å². The molecule has 0 aromatic heterocycles. The lowest BCUT2D eigenvalue weighted by Gasteiger charge is -2.11. The minimum absolute atomic E-state index is 0.595. The number of carbonyl (C=O) groups is 1. The molecule has 0 aromatic rings. The highest BCUT2D eigenvalue weighted by molar-refractivity contribution is 9.10. The lowest BCUT2D eigenvalue weighted by atomic mass is 10.2. The van der Waals surface area contributed by atoms with Gasteiger partial charge in [0.15, 0.2) is 6.17 Å². The van der Waals surface area contributed by atoms with Crippen LogP contribution in [0.3, 0.4) is 0 Å². The topological polar surface area (TPSA) is 37.3 Å². The van der Waals surface area contributed by atoms with Gasteiger partial charge >= 0.3 is 10.8 Å².